The minimum atomic E-state index is -0.412. The van der Waals surface area contributed by atoms with E-state index in [0.717, 1.165) is 11.3 Å². The number of esters is 1. The lowest BCUT2D eigenvalue weighted by molar-refractivity contribution is 0.0600. The van der Waals surface area contributed by atoms with Crippen LogP contribution in [0, 0.1) is 6.92 Å². The van der Waals surface area contributed by atoms with E-state index in [1.165, 1.54) is 13.3 Å². The van der Waals surface area contributed by atoms with E-state index in [9.17, 15) is 9.59 Å². The van der Waals surface area contributed by atoms with Crippen molar-refractivity contribution in [2.75, 3.05) is 12.4 Å². The monoisotopic (exact) mass is 335 g/mol. The fraction of sp³-hybridized carbons (Fsp3) is 0.105. The molecule has 1 N–H and O–H groups in total. The highest BCUT2D eigenvalue weighted by atomic mass is 16.5. The number of benzene rings is 2. The maximum atomic E-state index is 12.4. The molecule has 0 spiro atoms. The molecule has 6 heteroatoms. The summed E-state index contributed by atoms with van der Waals surface area (Å²) in [5.74, 6) is -0.679. The van der Waals surface area contributed by atoms with Crippen molar-refractivity contribution in [1.82, 2.24) is 9.78 Å². The molecule has 0 saturated heterocycles. The molecular weight excluding hydrogens is 318 g/mol. The third-order valence-corrected chi connectivity index (χ3v) is 3.76. The molecule has 0 aliphatic carbocycles. The molecule has 0 bridgehead atoms. The van der Waals surface area contributed by atoms with Crippen molar-refractivity contribution in [3.05, 3.63) is 77.6 Å². The van der Waals surface area contributed by atoms with Crippen LogP contribution in [0.1, 0.15) is 26.3 Å². The lowest BCUT2D eigenvalue weighted by Gasteiger charge is -2.09. The Hall–Kier alpha value is -3.41. The number of methoxy groups -OCH3 is 1. The Labute approximate surface area is 145 Å². The predicted molar refractivity (Wildman–Crippen MR) is 94.0 cm³/mol. The first-order chi connectivity index (χ1) is 12.1. The van der Waals surface area contributed by atoms with Gasteiger partial charge in [0, 0.05) is 11.9 Å². The summed E-state index contributed by atoms with van der Waals surface area (Å²) in [4.78, 5) is 24.0. The summed E-state index contributed by atoms with van der Waals surface area (Å²) >= 11 is 0. The SMILES string of the molecule is COC(=O)c1ccc(NC(=O)c2cnn(-c3ccccc3)c2)c(C)c1. The van der Waals surface area contributed by atoms with Crippen LogP contribution in [0.2, 0.25) is 0 Å². The van der Waals surface area contributed by atoms with Crippen LogP contribution in [0.4, 0.5) is 5.69 Å². The van der Waals surface area contributed by atoms with Gasteiger partial charge in [-0.25, -0.2) is 9.48 Å². The average Bonchev–Trinajstić information content (AvgIpc) is 3.13. The van der Waals surface area contributed by atoms with E-state index in [1.54, 1.807) is 29.1 Å². The summed E-state index contributed by atoms with van der Waals surface area (Å²) < 4.78 is 6.33. The minimum absolute atomic E-state index is 0.268. The van der Waals surface area contributed by atoms with Crippen LogP contribution in [-0.2, 0) is 4.74 Å². The second kappa shape index (κ2) is 7.00. The molecule has 0 aliphatic rings. The van der Waals surface area contributed by atoms with Crippen molar-refractivity contribution in [1.29, 1.82) is 0 Å². The highest BCUT2D eigenvalue weighted by Gasteiger charge is 2.13. The Kier molecular flexibility index (Phi) is 4.61. The van der Waals surface area contributed by atoms with E-state index < -0.39 is 5.97 Å². The van der Waals surface area contributed by atoms with Crippen LogP contribution >= 0.6 is 0 Å². The molecular formula is C19H17N3O3. The van der Waals surface area contributed by atoms with Crippen LogP contribution in [0.25, 0.3) is 5.69 Å². The van der Waals surface area contributed by atoms with Gasteiger partial charge in [0.2, 0.25) is 0 Å². The second-order valence-electron chi connectivity index (χ2n) is 5.48. The third kappa shape index (κ3) is 3.58. The molecule has 1 aromatic heterocycles. The van der Waals surface area contributed by atoms with Gasteiger partial charge in [-0.1, -0.05) is 18.2 Å². The molecule has 2 aromatic carbocycles. The number of amides is 1. The number of carbonyl (C=O) groups is 2. The van der Waals surface area contributed by atoms with E-state index in [0.29, 0.717) is 16.8 Å². The van der Waals surface area contributed by atoms with Crippen LogP contribution < -0.4 is 5.32 Å². The first-order valence-electron chi connectivity index (χ1n) is 7.69. The van der Waals surface area contributed by atoms with Gasteiger partial charge in [-0.2, -0.15) is 5.10 Å². The van der Waals surface area contributed by atoms with Gasteiger partial charge in [-0.3, -0.25) is 4.79 Å². The zero-order chi connectivity index (χ0) is 17.8. The van der Waals surface area contributed by atoms with Gasteiger partial charge in [0.25, 0.3) is 5.91 Å². The van der Waals surface area contributed by atoms with Crippen LogP contribution in [-0.4, -0.2) is 28.8 Å². The Balaban J connectivity index is 1.77. The Bertz CT molecular complexity index is 917. The number of nitrogens with zero attached hydrogens (tertiary/aromatic N) is 2. The number of carbonyl (C=O) groups excluding carboxylic acids is 2. The molecule has 0 unspecified atom stereocenters. The molecule has 0 atom stereocenters. The number of nitrogens with one attached hydrogen (secondary N) is 1. The van der Waals surface area contributed by atoms with Crippen molar-refractivity contribution in [2.45, 2.75) is 6.92 Å². The van der Waals surface area contributed by atoms with Crippen LogP contribution in [0.3, 0.4) is 0 Å². The highest BCUT2D eigenvalue weighted by Crippen LogP contribution is 2.18. The van der Waals surface area contributed by atoms with Crippen molar-refractivity contribution < 1.29 is 14.3 Å². The normalized spacial score (nSPS) is 10.3. The first-order valence-corrected chi connectivity index (χ1v) is 7.69. The van der Waals surface area contributed by atoms with Gasteiger partial charge in [0.1, 0.15) is 0 Å². The molecule has 1 heterocycles. The summed E-state index contributed by atoms with van der Waals surface area (Å²) in [5.41, 5.74) is 3.16. The minimum Gasteiger partial charge on any atom is -0.465 e. The number of para-hydroxylation sites is 1. The number of hydrogen-bond acceptors (Lipinski definition) is 4. The molecule has 1 amide bonds. The molecule has 0 fully saturated rings. The summed E-state index contributed by atoms with van der Waals surface area (Å²) in [7, 11) is 1.33. The van der Waals surface area contributed by atoms with Gasteiger partial charge in [-0.05, 0) is 42.8 Å². The van der Waals surface area contributed by atoms with E-state index in [2.05, 4.69) is 15.2 Å². The van der Waals surface area contributed by atoms with Gasteiger partial charge < -0.3 is 10.1 Å². The van der Waals surface area contributed by atoms with E-state index in [-0.39, 0.29) is 5.91 Å². The lowest BCUT2D eigenvalue weighted by atomic mass is 10.1. The topological polar surface area (TPSA) is 73.2 Å². The third-order valence-electron chi connectivity index (χ3n) is 3.76. The predicted octanol–water partition coefficient (Wildman–Crippen LogP) is 3.22. The van der Waals surface area contributed by atoms with Crippen molar-refractivity contribution in [3.63, 3.8) is 0 Å². The fourth-order valence-electron chi connectivity index (χ4n) is 2.41. The number of rotatable bonds is 4. The number of hydrogen-bond donors (Lipinski definition) is 1. The number of aromatic nitrogens is 2. The Morgan fingerprint density at radius 1 is 1.08 bits per heavy atom. The Morgan fingerprint density at radius 2 is 1.84 bits per heavy atom. The maximum absolute atomic E-state index is 12.4. The largest absolute Gasteiger partial charge is 0.465 e. The van der Waals surface area contributed by atoms with Crippen LogP contribution in [0.5, 0.6) is 0 Å². The van der Waals surface area contributed by atoms with E-state index >= 15 is 0 Å². The molecule has 3 aromatic rings. The average molecular weight is 335 g/mol. The molecule has 0 radical (unpaired) electrons. The molecule has 126 valence electrons. The number of ether oxygens (including phenoxy) is 1. The van der Waals surface area contributed by atoms with Gasteiger partial charge in [0.05, 0.1) is 30.1 Å². The van der Waals surface area contributed by atoms with E-state index in [4.69, 9.17) is 0 Å². The fourth-order valence-corrected chi connectivity index (χ4v) is 2.41. The summed E-state index contributed by atoms with van der Waals surface area (Å²) in [5, 5.41) is 7.05. The maximum Gasteiger partial charge on any atom is 0.337 e. The summed E-state index contributed by atoms with van der Waals surface area (Å²) in [6.45, 7) is 1.81. The molecule has 3 rings (SSSR count). The molecule has 0 saturated carbocycles. The number of aryl methyl sites for hydroxylation is 1. The van der Waals surface area contributed by atoms with Crippen molar-refractivity contribution >= 4 is 17.6 Å². The number of anilines is 1. The zero-order valence-corrected chi connectivity index (χ0v) is 13.9. The summed E-state index contributed by atoms with van der Waals surface area (Å²) in [6.07, 6.45) is 3.18. The molecule has 0 aliphatic heterocycles. The van der Waals surface area contributed by atoms with Crippen LogP contribution in [0.15, 0.2) is 60.9 Å². The molecule has 25 heavy (non-hydrogen) atoms. The van der Waals surface area contributed by atoms with Gasteiger partial charge in [0.15, 0.2) is 0 Å². The lowest BCUT2D eigenvalue weighted by Crippen LogP contribution is -2.12. The molecule has 6 nitrogen and oxygen atoms in total. The highest BCUT2D eigenvalue weighted by molar-refractivity contribution is 6.04. The van der Waals surface area contributed by atoms with Gasteiger partial charge >= 0.3 is 5.97 Å². The van der Waals surface area contributed by atoms with Crippen molar-refractivity contribution in [2.24, 2.45) is 0 Å². The zero-order valence-electron chi connectivity index (χ0n) is 13.9. The first kappa shape index (κ1) is 16.4. The Morgan fingerprint density at radius 3 is 2.52 bits per heavy atom. The summed E-state index contributed by atoms with van der Waals surface area (Å²) in [6, 6.07) is 14.5. The second-order valence-corrected chi connectivity index (χ2v) is 5.48. The smallest absolute Gasteiger partial charge is 0.337 e. The quantitative estimate of drug-likeness (QED) is 0.743. The van der Waals surface area contributed by atoms with Gasteiger partial charge in [-0.15, -0.1) is 0 Å². The van der Waals surface area contributed by atoms with E-state index in [1.807, 2.05) is 37.3 Å². The van der Waals surface area contributed by atoms with Crippen molar-refractivity contribution in [3.8, 4) is 5.69 Å². The standard InChI is InChI=1S/C19H17N3O3/c1-13-10-14(19(24)25-2)8-9-17(13)21-18(23)15-11-20-22(12-15)16-6-4-3-5-7-16/h3-12H,1-2H3,(H,21,23).